The molecule has 302 valence electrons. The summed E-state index contributed by atoms with van der Waals surface area (Å²) >= 11 is 0. The number of nitrogens with two attached hydrogens (primary N) is 1. The number of amides is 5. The van der Waals surface area contributed by atoms with Gasteiger partial charge in [0.05, 0.1) is 25.6 Å². The van der Waals surface area contributed by atoms with E-state index in [9.17, 15) is 59.4 Å². The predicted octanol–water partition coefficient (Wildman–Crippen LogP) is -3.49. The van der Waals surface area contributed by atoms with Gasteiger partial charge in [-0.3, -0.25) is 24.0 Å². The Morgan fingerprint density at radius 1 is 0.745 bits per heavy atom. The minimum absolute atomic E-state index is 0.0180. The molecule has 1 fully saturated rings. The lowest BCUT2D eigenvalue weighted by atomic mass is 9.98. The van der Waals surface area contributed by atoms with E-state index in [-0.39, 0.29) is 30.9 Å². The van der Waals surface area contributed by atoms with E-state index in [1.54, 1.807) is 44.2 Å². The van der Waals surface area contributed by atoms with Crippen LogP contribution in [0.1, 0.15) is 37.8 Å². The molecule has 1 aliphatic rings. The molecule has 3 rings (SSSR count). The summed E-state index contributed by atoms with van der Waals surface area (Å²) in [6.07, 6.45) is -9.11. The van der Waals surface area contributed by atoms with E-state index in [0.29, 0.717) is 11.1 Å². The summed E-state index contributed by atoms with van der Waals surface area (Å²) in [4.78, 5) is 77.9. The molecule has 2 aromatic carbocycles. The lowest BCUT2D eigenvalue weighted by Crippen LogP contribution is -2.63. The second-order valence-corrected chi connectivity index (χ2v) is 13.6. The molecule has 1 heterocycles. The van der Waals surface area contributed by atoms with Gasteiger partial charge >= 0.3 is 5.97 Å². The minimum atomic E-state index is -1.84. The summed E-state index contributed by atoms with van der Waals surface area (Å²) in [5.74, 6) is -5.94. The molecule has 0 aromatic heterocycles. The van der Waals surface area contributed by atoms with Crippen molar-refractivity contribution in [1.29, 1.82) is 0 Å². The van der Waals surface area contributed by atoms with E-state index >= 15 is 0 Å². The summed E-state index contributed by atoms with van der Waals surface area (Å²) in [5, 5.41) is 70.9. The van der Waals surface area contributed by atoms with Gasteiger partial charge in [0.2, 0.25) is 29.5 Å². The molecule has 55 heavy (non-hydrogen) atoms. The zero-order chi connectivity index (χ0) is 40.8. The molecule has 0 unspecified atom stereocenters. The minimum Gasteiger partial charge on any atom is -0.508 e. The number of carboxylic acid groups (broad SMARTS) is 1. The number of aliphatic carboxylic acids is 1. The summed E-state index contributed by atoms with van der Waals surface area (Å²) in [5.41, 5.74) is 7.27. The Kier molecular flexibility index (Phi) is 16.9. The third-order valence-electron chi connectivity index (χ3n) is 8.63. The first-order chi connectivity index (χ1) is 26.0. The molecule has 19 heteroatoms. The van der Waals surface area contributed by atoms with Crippen molar-refractivity contribution in [3.8, 4) is 5.75 Å². The number of hydrogen-bond acceptors (Lipinski definition) is 13. The summed E-state index contributed by atoms with van der Waals surface area (Å²) < 4.78 is 5.29. The highest BCUT2D eigenvalue weighted by Crippen LogP contribution is 2.20. The van der Waals surface area contributed by atoms with Crippen LogP contribution in [0.2, 0.25) is 0 Å². The largest absolute Gasteiger partial charge is 0.508 e. The highest BCUT2D eigenvalue weighted by molar-refractivity contribution is 5.96. The highest BCUT2D eigenvalue weighted by Gasteiger charge is 2.44. The first-order valence-electron chi connectivity index (χ1n) is 17.6. The van der Waals surface area contributed by atoms with Crippen molar-refractivity contribution in [3.05, 3.63) is 65.7 Å². The predicted molar refractivity (Wildman–Crippen MR) is 192 cm³/mol. The van der Waals surface area contributed by atoms with Crippen molar-refractivity contribution in [2.45, 2.75) is 94.3 Å². The molecule has 9 atom stereocenters. The monoisotopic (exact) mass is 774 g/mol. The number of nitrogens with one attached hydrogen (secondary N) is 5. The van der Waals surface area contributed by atoms with Gasteiger partial charge in [-0.05, 0) is 42.0 Å². The Hall–Kier alpha value is -5.18. The van der Waals surface area contributed by atoms with Crippen LogP contribution in [0.15, 0.2) is 54.6 Å². The lowest BCUT2D eigenvalue weighted by molar-refractivity contribution is -0.236. The molecule has 1 saturated heterocycles. The quantitative estimate of drug-likeness (QED) is 0.0660. The standard InChI is InChI=1S/C36H50N6O13/c1-18(2)12-25(36(53)54)41-34(52)23(14-19-6-4-3-5-7-19)39-28(46)16-38-33(51)24(40-32(50)22(37)13-20-8-10-21(44)11-9-20)15-27(45)42-35-31(49)30(48)29(47)26(17-43)55-35/h3-11,18,22-26,29-31,35,43-44,47-49H,12-17,37H2,1-2H3,(H,38,51)(H,39,46)(H,40,50)(H,41,52)(H,42,45)(H,53,54)/t22-,23-,24-,25-,26+,29+,30-,31+,35+/m0/s1. The van der Waals surface area contributed by atoms with Crippen LogP contribution in [-0.4, -0.2) is 134 Å². The normalized spacial score (nSPS) is 21.6. The molecule has 13 N–H and O–H groups in total. The number of carbonyl (C=O) groups excluding carboxylic acids is 5. The Labute approximate surface area is 316 Å². The number of rotatable bonds is 19. The van der Waals surface area contributed by atoms with E-state index in [2.05, 4.69) is 26.6 Å². The summed E-state index contributed by atoms with van der Waals surface area (Å²) in [6, 6.07) is 8.95. The second-order valence-electron chi connectivity index (χ2n) is 13.6. The molecule has 5 amide bonds. The van der Waals surface area contributed by atoms with Crippen molar-refractivity contribution in [3.63, 3.8) is 0 Å². The first kappa shape index (κ1) is 44.2. The number of phenolic OH excluding ortho intramolecular Hbond substituents is 1. The van der Waals surface area contributed by atoms with Crippen molar-refractivity contribution < 1.29 is 64.1 Å². The van der Waals surface area contributed by atoms with Crippen molar-refractivity contribution in [1.82, 2.24) is 26.6 Å². The van der Waals surface area contributed by atoms with Crippen LogP contribution in [0.3, 0.4) is 0 Å². The number of aliphatic hydroxyl groups excluding tert-OH is 4. The average molecular weight is 775 g/mol. The molecule has 0 bridgehead atoms. The summed E-state index contributed by atoms with van der Waals surface area (Å²) in [7, 11) is 0. The van der Waals surface area contributed by atoms with Gasteiger partial charge in [0.15, 0.2) is 6.23 Å². The fraction of sp³-hybridized carbons (Fsp3) is 0.500. The number of ether oxygens (including phenoxy) is 1. The van der Waals surface area contributed by atoms with Gasteiger partial charge in [-0.2, -0.15) is 0 Å². The number of phenols is 1. The fourth-order valence-electron chi connectivity index (χ4n) is 5.65. The van der Waals surface area contributed by atoms with Crippen LogP contribution in [0.4, 0.5) is 0 Å². The maximum atomic E-state index is 13.4. The van der Waals surface area contributed by atoms with Gasteiger partial charge in [-0.15, -0.1) is 0 Å². The number of aliphatic hydroxyl groups is 4. The smallest absolute Gasteiger partial charge is 0.326 e. The third-order valence-corrected chi connectivity index (χ3v) is 8.63. The van der Waals surface area contributed by atoms with Gasteiger partial charge in [0, 0.05) is 6.42 Å². The molecule has 1 aliphatic heterocycles. The van der Waals surface area contributed by atoms with E-state index < -0.39 is 110 Å². The van der Waals surface area contributed by atoms with Gasteiger partial charge in [0.25, 0.3) is 0 Å². The van der Waals surface area contributed by atoms with Crippen LogP contribution in [0.5, 0.6) is 5.75 Å². The molecule has 19 nitrogen and oxygen atoms in total. The Balaban J connectivity index is 1.74. The second kappa shape index (κ2) is 21.1. The number of hydrogen-bond donors (Lipinski definition) is 12. The van der Waals surface area contributed by atoms with Gasteiger partial charge in [0.1, 0.15) is 48.3 Å². The number of carbonyl (C=O) groups is 6. The molecule has 0 aliphatic carbocycles. The SMILES string of the molecule is CC(C)C[C@H](NC(=O)[C@H](Cc1ccccc1)NC(=O)CNC(=O)[C@H](CC(=O)N[C@@H]1O[C@H](CO)[C@@H](O)[C@H](O)[C@H]1O)NC(=O)[C@@H](N)Cc1ccc(O)cc1)C(=O)O. The van der Waals surface area contributed by atoms with Crippen LogP contribution in [0.25, 0.3) is 0 Å². The van der Waals surface area contributed by atoms with Gasteiger partial charge in [-0.25, -0.2) is 4.79 Å². The van der Waals surface area contributed by atoms with E-state index in [4.69, 9.17) is 10.5 Å². The Bertz CT molecular complexity index is 1610. The third kappa shape index (κ3) is 13.9. The molecule has 0 spiro atoms. The molecule has 0 radical (unpaired) electrons. The zero-order valence-electron chi connectivity index (χ0n) is 30.3. The van der Waals surface area contributed by atoms with Crippen molar-refractivity contribution >= 4 is 35.5 Å². The van der Waals surface area contributed by atoms with Crippen molar-refractivity contribution in [2.75, 3.05) is 13.2 Å². The zero-order valence-corrected chi connectivity index (χ0v) is 30.3. The molecule has 2 aromatic rings. The number of aromatic hydroxyl groups is 1. The van der Waals surface area contributed by atoms with Crippen LogP contribution in [-0.2, 0) is 46.3 Å². The number of carboxylic acids is 1. The molecule has 0 saturated carbocycles. The van der Waals surface area contributed by atoms with Gasteiger partial charge < -0.3 is 67.7 Å². The maximum Gasteiger partial charge on any atom is 0.326 e. The topological polar surface area (TPSA) is 319 Å². The van der Waals surface area contributed by atoms with Crippen LogP contribution < -0.4 is 32.3 Å². The molecular formula is C36H50N6O13. The number of benzene rings is 2. The Morgan fingerprint density at radius 3 is 1.96 bits per heavy atom. The van der Waals surface area contributed by atoms with E-state index in [0.717, 1.165) is 0 Å². The van der Waals surface area contributed by atoms with Gasteiger partial charge in [-0.1, -0.05) is 56.3 Å². The fourth-order valence-corrected chi connectivity index (χ4v) is 5.65. The van der Waals surface area contributed by atoms with Crippen molar-refractivity contribution in [2.24, 2.45) is 11.7 Å². The molecular weight excluding hydrogens is 724 g/mol. The maximum absolute atomic E-state index is 13.4. The van der Waals surface area contributed by atoms with E-state index in [1.807, 2.05) is 0 Å². The van der Waals surface area contributed by atoms with Crippen LogP contribution >= 0.6 is 0 Å². The first-order valence-corrected chi connectivity index (χ1v) is 17.6. The Morgan fingerprint density at radius 2 is 1.36 bits per heavy atom. The summed E-state index contributed by atoms with van der Waals surface area (Å²) in [6.45, 7) is 2.04. The highest BCUT2D eigenvalue weighted by atomic mass is 16.6. The van der Waals surface area contributed by atoms with E-state index in [1.165, 1.54) is 24.3 Å². The lowest BCUT2D eigenvalue weighted by Gasteiger charge is -2.40. The van der Waals surface area contributed by atoms with Crippen LogP contribution in [0, 0.1) is 5.92 Å². The average Bonchev–Trinajstić information content (AvgIpc) is 3.14.